The SMILES string of the molecule is NC(=O)CN(CC1CCN(Cc2ccccc2F)CC1)C[C@H]1CCCO1. The fourth-order valence-corrected chi connectivity index (χ4v) is 4.06. The van der Waals surface area contributed by atoms with Crippen molar-refractivity contribution < 1.29 is 13.9 Å². The van der Waals surface area contributed by atoms with Crippen molar-refractivity contribution >= 4 is 5.91 Å². The van der Waals surface area contributed by atoms with E-state index in [2.05, 4.69) is 9.80 Å². The maximum atomic E-state index is 13.8. The minimum absolute atomic E-state index is 0.126. The summed E-state index contributed by atoms with van der Waals surface area (Å²) in [6, 6.07) is 7.00. The monoisotopic (exact) mass is 363 g/mol. The van der Waals surface area contributed by atoms with Gasteiger partial charge in [-0.1, -0.05) is 18.2 Å². The van der Waals surface area contributed by atoms with Crippen molar-refractivity contribution in [2.75, 3.05) is 39.3 Å². The predicted molar refractivity (Wildman–Crippen MR) is 99.0 cm³/mol. The van der Waals surface area contributed by atoms with Gasteiger partial charge in [0.05, 0.1) is 12.6 Å². The highest BCUT2D eigenvalue weighted by Gasteiger charge is 2.25. The Morgan fingerprint density at radius 2 is 2.00 bits per heavy atom. The van der Waals surface area contributed by atoms with E-state index in [0.717, 1.165) is 64.0 Å². The van der Waals surface area contributed by atoms with Crippen LogP contribution in [0.15, 0.2) is 24.3 Å². The lowest BCUT2D eigenvalue weighted by Crippen LogP contribution is -2.44. The zero-order chi connectivity index (χ0) is 18.4. The van der Waals surface area contributed by atoms with E-state index in [9.17, 15) is 9.18 Å². The molecule has 0 aromatic heterocycles. The van der Waals surface area contributed by atoms with Crippen LogP contribution in [-0.2, 0) is 16.1 Å². The molecule has 1 amide bonds. The summed E-state index contributed by atoms with van der Waals surface area (Å²) >= 11 is 0. The molecule has 2 saturated heterocycles. The van der Waals surface area contributed by atoms with Crippen LogP contribution in [0.4, 0.5) is 4.39 Å². The number of benzene rings is 1. The van der Waals surface area contributed by atoms with E-state index in [4.69, 9.17) is 10.5 Å². The van der Waals surface area contributed by atoms with Crippen LogP contribution >= 0.6 is 0 Å². The standard InChI is InChI=1S/C20H30FN3O2/c21-19-6-2-1-4-17(19)13-23-9-7-16(8-10-23)12-24(15-20(22)25)14-18-5-3-11-26-18/h1-2,4,6,16,18H,3,5,7-15H2,(H2,22,25)/t18-/m1/s1. The minimum Gasteiger partial charge on any atom is -0.377 e. The summed E-state index contributed by atoms with van der Waals surface area (Å²) < 4.78 is 19.5. The Kier molecular flexibility index (Phi) is 7.00. The zero-order valence-electron chi connectivity index (χ0n) is 15.4. The molecule has 5 nitrogen and oxygen atoms in total. The summed E-state index contributed by atoms with van der Waals surface area (Å²) in [5.74, 6) is 0.145. The van der Waals surface area contributed by atoms with E-state index in [1.165, 1.54) is 6.07 Å². The fraction of sp³-hybridized carbons (Fsp3) is 0.650. The van der Waals surface area contributed by atoms with E-state index in [-0.39, 0.29) is 17.8 Å². The van der Waals surface area contributed by atoms with Crippen LogP contribution < -0.4 is 5.73 Å². The number of amides is 1. The molecule has 0 aliphatic carbocycles. The molecule has 6 heteroatoms. The Hall–Kier alpha value is -1.50. The van der Waals surface area contributed by atoms with Crippen LogP contribution in [0.25, 0.3) is 0 Å². The summed E-state index contributed by atoms with van der Waals surface area (Å²) in [6.45, 7) is 5.39. The summed E-state index contributed by atoms with van der Waals surface area (Å²) in [6.07, 6.45) is 4.53. The molecule has 0 saturated carbocycles. The normalized spacial score (nSPS) is 22.2. The molecule has 0 unspecified atom stereocenters. The first-order chi connectivity index (χ1) is 12.6. The molecule has 0 radical (unpaired) electrons. The van der Waals surface area contributed by atoms with Crippen molar-refractivity contribution in [3.8, 4) is 0 Å². The van der Waals surface area contributed by atoms with Crippen LogP contribution in [-0.4, -0.2) is 61.1 Å². The van der Waals surface area contributed by atoms with Crippen LogP contribution in [0.2, 0.25) is 0 Å². The lowest BCUT2D eigenvalue weighted by atomic mass is 9.95. The highest BCUT2D eigenvalue weighted by molar-refractivity contribution is 5.75. The smallest absolute Gasteiger partial charge is 0.231 e. The van der Waals surface area contributed by atoms with Crippen molar-refractivity contribution in [2.24, 2.45) is 11.7 Å². The molecule has 1 atom stereocenters. The average Bonchev–Trinajstić information content (AvgIpc) is 3.11. The van der Waals surface area contributed by atoms with Crippen molar-refractivity contribution in [1.82, 2.24) is 9.80 Å². The minimum atomic E-state index is -0.278. The molecule has 1 aromatic rings. The van der Waals surface area contributed by atoms with Crippen LogP contribution in [0.1, 0.15) is 31.2 Å². The zero-order valence-corrected chi connectivity index (χ0v) is 15.4. The number of hydrogen-bond acceptors (Lipinski definition) is 4. The summed E-state index contributed by atoms with van der Waals surface area (Å²) in [5, 5.41) is 0. The van der Waals surface area contributed by atoms with Crippen molar-refractivity contribution in [1.29, 1.82) is 0 Å². The first-order valence-electron chi connectivity index (χ1n) is 9.68. The van der Waals surface area contributed by atoms with Crippen LogP contribution in [0.5, 0.6) is 0 Å². The maximum absolute atomic E-state index is 13.8. The van der Waals surface area contributed by atoms with Gasteiger partial charge in [0.1, 0.15) is 5.82 Å². The number of likely N-dealkylation sites (tertiary alicyclic amines) is 1. The van der Waals surface area contributed by atoms with E-state index < -0.39 is 0 Å². The second-order valence-corrected chi connectivity index (χ2v) is 7.61. The molecule has 1 aromatic carbocycles. The van der Waals surface area contributed by atoms with E-state index in [1.807, 2.05) is 12.1 Å². The number of primary amides is 1. The largest absolute Gasteiger partial charge is 0.377 e. The molecule has 2 fully saturated rings. The van der Waals surface area contributed by atoms with Gasteiger partial charge < -0.3 is 10.5 Å². The molecular weight excluding hydrogens is 333 g/mol. The summed E-state index contributed by atoms with van der Waals surface area (Å²) in [7, 11) is 0. The van der Waals surface area contributed by atoms with Gasteiger partial charge in [-0.15, -0.1) is 0 Å². The van der Waals surface area contributed by atoms with Crippen molar-refractivity contribution in [2.45, 2.75) is 38.3 Å². The maximum Gasteiger partial charge on any atom is 0.231 e. The third kappa shape index (κ3) is 5.76. The molecule has 0 spiro atoms. The molecule has 2 aliphatic heterocycles. The molecule has 0 bridgehead atoms. The Morgan fingerprint density at radius 1 is 1.23 bits per heavy atom. The third-order valence-electron chi connectivity index (χ3n) is 5.44. The van der Waals surface area contributed by atoms with E-state index >= 15 is 0 Å². The predicted octanol–water partition coefficient (Wildman–Crippen LogP) is 2.00. The molecule has 3 rings (SSSR count). The molecule has 144 valence electrons. The Bertz CT molecular complexity index is 584. The van der Waals surface area contributed by atoms with Crippen LogP contribution in [0.3, 0.4) is 0 Å². The van der Waals surface area contributed by atoms with Crippen molar-refractivity contribution in [3.63, 3.8) is 0 Å². The van der Waals surface area contributed by atoms with Crippen LogP contribution in [0, 0.1) is 11.7 Å². The first-order valence-corrected chi connectivity index (χ1v) is 9.68. The number of carbonyl (C=O) groups is 1. The number of piperidine rings is 1. The first kappa shape index (κ1) is 19.3. The van der Waals surface area contributed by atoms with Gasteiger partial charge in [-0.25, -0.2) is 4.39 Å². The van der Waals surface area contributed by atoms with E-state index in [1.54, 1.807) is 6.07 Å². The number of rotatable bonds is 8. The van der Waals surface area contributed by atoms with Gasteiger partial charge in [0.25, 0.3) is 0 Å². The number of ether oxygens (including phenoxy) is 1. The number of nitrogens with zero attached hydrogens (tertiary/aromatic N) is 2. The van der Waals surface area contributed by atoms with Gasteiger partial charge >= 0.3 is 0 Å². The molecule has 2 heterocycles. The van der Waals surface area contributed by atoms with Gasteiger partial charge in [0.2, 0.25) is 5.91 Å². The number of nitrogens with two attached hydrogens (primary N) is 1. The molecule has 2 N–H and O–H groups in total. The van der Waals surface area contributed by atoms with Gasteiger partial charge in [0, 0.05) is 31.8 Å². The highest BCUT2D eigenvalue weighted by Crippen LogP contribution is 2.22. The summed E-state index contributed by atoms with van der Waals surface area (Å²) in [4.78, 5) is 15.9. The number of carbonyl (C=O) groups excluding carboxylic acids is 1. The fourth-order valence-electron chi connectivity index (χ4n) is 4.06. The third-order valence-corrected chi connectivity index (χ3v) is 5.44. The summed E-state index contributed by atoms with van der Waals surface area (Å²) in [5.41, 5.74) is 6.19. The number of hydrogen-bond donors (Lipinski definition) is 1. The van der Waals surface area contributed by atoms with Gasteiger partial charge in [-0.2, -0.15) is 0 Å². The molecule has 26 heavy (non-hydrogen) atoms. The lowest BCUT2D eigenvalue weighted by molar-refractivity contribution is -0.119. The number of halogens is 1. The van der Waals surface area contributed by atoms with E-state index in [0.29, 0.717) is 19.0 Å². The molecule has 2 aliphatic rings. The average molecular weight is 363 g/mol. The lowest BCUT2D eigenvalue weighted by Gasteiger charge is -2.35. The highest BCUT2D eigenvalue weighted by atomic mass is 19.1. The quantitative estimate of drug-likeness (QED) is 0.768. The molecular formula is C20H30FN3O2. The Morgan fingerprint density at radius 3 is 2.65 bits per heavy atom. The Balaban J connectivity index is 1.46. The van der Waals surface area contributed by atoms with Crippen molar-refractivity contribution in [3.05, 3.63) is 35.6 Å². The van der Waals surface area contributed by atoms with Gasteiger partial charge in [0.15, 0.2) is 0 Å². The second kappa shape index (κ2) is 9.44. The topological polar surface area (TPSA) is 58.8 Å². The second-order valence-electron chi connectivity index (χ2n) is 7.61. The van der Waals surface area contributed by atoms with Gasteiger partial charge in [-0.3, -0.25) is 14.6 Å². The van der Waals surface area contributed by atoms with Gasteiger partial charge in [-0.05, 0) is 50.8 Å². The Labute approximate surface area is 155 Å².